The third-order valence-corrected chi connectivity index (χ3v) is 0. The van der Waals surface area contributed by atoms with Crippen LogP contribution < -0.4 is 18.6 Å². The second-order valence-corrected chi connectivity index (χ2v) is 0. The van der Waals surface area contributed by atoms with E-state index in [1.54, 1.807) is 0 Å². The van der Waals surface area contributed by atoms with Gasteiger partial charge in [0.2, 0.25) is 0 Å². The first-order valence-electron chi connectivity index (χ1n) is 0. The van der Waals surface area contributed by atoms with Gasteiger partial charge in [-0.25, -0.2) is 0 Å². The van der Waals surface area contributed by atoms with Gasteiger partial charge in [-0.2, -0.15) is 0 Å². The molecule has 3 N–H and O–H groups in total. The summed E-state index contributed by atoms with van der Waals surface area (Å²) in [5, 5.41) is 0. The van der Waals surface area contributed by atoms with Crippen LogP contribution in [0.2, 0.25) is 0 Å². The van der Waals surface area contributed by atoms with Crippen molar-refractivity contribution in [2.24, 2.45) is 0 Å². The number of hydrogen-bond donors (Lipinski definition) is 1. The summed E-state index contributed by atoms with van der Waals surface area (Å²) in [5.74, 6) is 0. The zero-order valence-electron chi connectivity index (χ0n) is 2.20. The molecule has 4 heteroatoms. The molecule has 0 aliphatic carbocycles. The predicted molar refractivity (Wildman–Crippen MR) is 18.0 cm³/mol. The maximum atomic E-state index is 0. The fourth-order valence-corrected chi connectivity index (χ4v) is 0. The quantitative estimate of drug-likeness (QED) is 0.352. The van der Waals surface area contributed by atoms with Crippen LogP contribution in [0.3, 0.4) is 0 Å². The van der Waals surface area contributed by atoms with Crippen LogP contribution in [0.1, 0.15) is 0 Å². The molecule has 0 aromatic carbocycles. The molecular weight excluding hydrogens is 125 g/mol. The molecule has 0 aliphatic heterocycles. The van der Waals surface area contributed by atoms with E-state index in [9.17, 15) is 0 Å². The van der Waals surface area contributed by atoms with Crippen molar-refractivity contribution in [1.82, 2.24) is 6.15 Å². The molecule has 0 rings (SSSR count). The SMILES string of the molecule is Cl.N.[Ca+].[Cl-]. The van der Waals surface area contributed by atoms with Crippen LogP contribution in [-0.2, 0) is 0 Å². The zero-order chi connectivity index (χ0) is 0. The van der Waals surface area contributed by atoms with Gasteiger partial charge in [-0.05, 0) is 0 Å². The first-order chi connectivity index (χ1) is 0. The van der Waals surface area contributed by atoms with Crippen molar-refractivity contribution in [3.63, 3.8) is 0 Å². The molecule has 0 heterocycles. The maximum absolute atomic E-state index is 0. The summed E-state index contributed by atoms with van der Waals surface area (Å²) >= 11 is 0. The molecule has 0 amide bonds. The van der Waals surface area contributed by atoms with Crippen LogP contribution >= 0.6 is 12.4 Å². The summed E-state index contributed by atoms with van der Waals surface area (Å²) in [7, 11) is 0. The van der Waals surface area contributed by atoms with Gasteiger partial charge in [-0.15, -0.1) is 12.4 Å². The Balaban J connectivity index is 0. The van der Waals surface area contributed by atoms with Crippen molar-refractivity contribution in [2.45, 2.75) is 0 Å². The van der Waals surface area contributed by atoms with E-state index in [-0.39, 0.29) is 68.7 Å². The largest absolute Gasteiger partial charge is 1.00 e. The molecule has 0 bridgehead atoms. The van der Waals surface area contributed by atoms with Crippen LogP contribution in [-0.4, -0.2) is 37.7 Å². The Labute approximate surface area is 67.9 Å². The Morgan fingerprint density at radius 1 is 1.00 bits per heavy atom. The molecular formula is H4CaCl2N. The summed E-state index contributed by atoms with van der Waals surface area (Å²) in [6.07, 6.45) is 0. The molecule has 0 fully saturated rings. The van der Waals surface area contributed by atoms with Gasteiger partial charge in [-0.3, -0.25) is 0 Å². The molecule has 4 heavy (non-hydrogen) atoms. The van der Waals surface area contributed by atoms with E-state index >= 15 is 0 Å². The summed E-state index contributed by atoms with van der Waals surface area (Å²) in [6, 6.07) is 0. The molecule has 1 nitrogen and oxygen atoms in total. The second-order valence-electron chi connectivity index (χ2n) is 0. The topological polar surface area (TPSA) is 35.0 Å². The number of hydrogen-bond acceptors (Lipinski definition) is 1. The van der Waals surface area contributed by atoms with Crippen molar-refractivity contribution in [1.29, 1.82) is 0 Å². The second kappa shape index (κ2) is 21.4. The van der Waals surface area contributed by atoms with Gasteiger partial charge < -0.3 is 18.6 Å². The minimum absolute atomic E-state index is 0. The van der Waals surface area contributed by atoms with Gasteiger partial charge in [0.1, 0.15) is 0 Å². The number of halogens is 2. The van der Waals surface area contributed by atoms with Crippen molar-refractivity contribution in [3.05, 3.63) is 0 Å². The fraction of sp³-hybridized carbons (Fsp3) is 0. The molecule has 0 spiro atoms. The predicted octanol–water partition coefficient (Wildman–Crippen LogP) is -2.79. The normalized spacial score (nSPS) is 0. The van der Waals surface area contributed by atoms with E-state index in [4.69, 9.17) is 0 Å². The van der Waals surface area contributed by atoms with E-state index in [0.29, 0.717) is 0 Å². The molecule has 25 valence electrons. The Morgan fingerprint density at radius 2 is 1.00 bits per heavy atom. The van der Waals surface area contributed by atoms with Crippen molar-refractivity contribution in [2.75, 3.05) is 0 Å². The molecule has 0 aliphatic rings. The minimum Gasteiger partial charge on any atom is -1.00 e. The minimum atomic E-state index is 0. The third kappa shape index (κ3) is 9.20. The van der Waals surface area contributed by atoms with Crippen molar-refractivity contribution < 1.29 is 12.4 Å². The van der Waals surface area contributed by atoms with Gasteiger partial charge >= 0.3 is 37.7 Å². The Hall–Kier alpha value is 1.80. The Morgan fingerprint density at radius 3 is 1.00 bits per heavy atom. The van der Waals surface area contributed by atoms with Crippen LogP contribution in [0.5, 0.6) is 0 Å². The monoisotopic (exact) mass is 128 g/mol. The molecule has 0 aromatic heterocycles. The van der Waals surface area contributed by atoms with Gasteiger partial charge in [0, 0.05) is 0 Å². The summed E-state index contributed by atoms with van der Waals surface area (Å²) < 4.78 is 0. The Kier molecular flexibility index (Phi) is 221. The molecule has 1 radical (unpaired) electrons. The van der Waals surface area contributed by atoms with Crippen molar-refractivity contribution in [3.8, 4) is 0 Å². The van der Waals surface area contributed by atoms with Crippen LogP contribution in [0, 0.1) is 0 Å². The first-order valence-corrected chi connectivity index (χ1v) is 0. The van der Waals surface area contributed by atoms with E-state index in [0.717, 1.165) is 0 Å². The molecule has 0 saturated carbocycles. The van der Waals surface area contributed by atoms with Gasteiger partial charge in [0.05, 0.1) is 0 Å². The number of rotatable bonds is 0. The van der Waals surface area contributed by atoms with E-state index < -0.39 is 0 Å². The van der Waals surface area contributed by atoms with Crippen molar-refractivity contribution >= 4 is 50.1 Å². The fourth-order valence-electron chi connectivity index (χ4n) is 0. The van der Waals surface area contributed by atoms with Gasteiger partial charge in [-0.1, -0.05) is 0 Å². The van der Waals surface area contributed by atoms with E-state index in [2.05, 4.69) is 0 Å². The van der Waals surface area contributed by atoms with Crippen LogP contribution in [0.4, 0.5) is 0 Å². The molecule has 0 atom stereocenters. The van der Waals surface area contributed by atoms with E-state index in [1.165, 1.54) is 0 Å². The third-order valence-electron chi connectivity index (χ3n) is 0. The zero-order valence-corrected chi connectivity index (χ0v) is 5.98. The maximum Gasteiger partial charge on any atom is 1.00 e. The average Bonchev–Trinajstić information content (AvgIpc) is 0. The smallest absolute Gasteiger partial charge is 1.00 e. The van der Waals surface area contributed by atoms with Crippen LogP contribution in [0.25, 0.3) is 0 Å². The molecule has 0 aromatic rings. The van der Waals surface area contributed by atoms with Gasteiger partial charge in [0.25, 0.3) is 0 Å². The molecule has 0 unspecified atom stereocenters. The average molecular weight is 129 g/mol. The van der Waals surface area contributed by atoms with E-state index in [1.807, 2.05) is 0 Å². The van der Waals surface area contributed by atoms with Crippen LogP contribution in [0.15, 0.2) is 0 Å². The summed E-state index contributed by atoms with van der Waals surface area (Å²) in [4.78, 5) is 0. The van der Waals surface area contributed by atoms with Gasteiger partial charge in [0.15, 0.2) is 0 Å². The molecule has 0 saturated heterocycles. The first kappa shape index (κ1) is 41.3. The summed E-state index contributed by atoms with van der Waals surface area (Å²) in [5.41, 5.74) is 0. The summed E-state index contributed by atoms with van der Waals surface area (Å²) in [6.45, 7) is 0. The standard InChI is InChI=1S/Ca.2ClH.H3N/h;2*1H;1H3/q+1;;;/p-1. The Bertz CT molecular complexity index is 6.00.